The van der Waals surface area contributed by atoms with Gasteiger partial charge in [-0.25, -0.2) is 8.42 Å². The molecule has 0 spiro atoms. The molecule has 0 saturated heterocycles. The quantitative estimate of drug-likeness (QED) is 0.681. The molecule has 0 aliphatic heterocycles. The Kier molecular flexibility index (Phi) is 5.93. The van der Waals surface area contributed by atoms with E-state index in [2.05, 4.69) is 10.0 Å². The van der Waals surface area contributed by atoms with Gasteiger partial charge in [0.25, 0.3) is 5.91 Å². The van der Waals surface area contributed by atoms with Crippen molar-refractivity contribution in [2.45, 2.75) is 24.8 Å². The van der Waals surface area contributed by atoms with E-state index in [1.807, 2.05) is 6.07 Å². The zero-order valence-electron chi connectivity index (χ0n) is 13.6. The lowest BCUT2D eigenvalue weighted by Gasteiger charge is -2.17. The van der Waals surface area contributed by atoms with E-state index in [1.165, 1.54) is 11.4 Å². The number of thiophene rings is 1. The molecule has 2 rings (SSSR count). The molecule has 0 aliphatic carbocycles. The normalized spacial score (nSPS) is 12.8. The minimum Gasteiger partial charge on any atom is -0.480 e. The van der Waals surface area contributed by atoms with Gasteiger partial charge in [-0.15, -0.1) is 11.3 Å². The van der Waals surface area contributed by atoms with Crippen LogP contribution in [0.5, 0.6) is 0 Å². The summed E-state index contributed by atoms with van der Waals surface area (Å²) in [6.45, 7) is 3.21. The number of carbonyl (C=O) groups is 2. The Morgan fingerprint density at radius 1 is 1.16 bits per heavy atom. The van der Waals surface area contributed by atoms with Crippen LogP contribution in [0.3, 0.4) is 0 Å². The molecule has 0 fully saturated rings. The zero-order valence-corrected chi connectivity index (χ0v) is 15.2. The first-order valence-electron chi connectivity index (χ1n) is 7.41. The summed E-state index contributed by atoms with van der Waals surface area (Å²) >= 11 is 0.969. The van der Waals surface area contributed by atoms with Crippen molar-refractivity contribution in [1.82, 2.24) is 4.72 Å². The Bertz CT molecular complexity index is 860. The van der Waals surface area contributed by atoms with Crippen LogP contribution in [0, 0.1) is 5.92 Å². The summed E-state index contributed by atoms with van der Waals surface area (Å²) in [6, 6.07) is 8.75. The maximum Gasteiger partial charge on any atom is 0.322 e. The second-order valence-corrected chi connectivity index (χ2v) is 8.27. The highest BCUT2D eigenvalue weighted by molar-refractivity contribution is 7.89. The predicted molar refractivity (Wildman–Crippen MR) is 95.3 cm³/mol. The molecule has 7 nitrogen and oxygen atoms in total. The number of hydrogen-bond acceptors (Lipinski definition) is 5. The van der Waals surface area contributed by atoms with Crippen LogP contribution in [-0.2, 0) is 14.8 Å². The fourth-order valence-electron chi connectivity index (χ4n) is 2.00. The van der Waals surface area contributed by atoms with E-state index in [1.54, 1.807) is 38.1 Å². The number of hydrogen-bond donors (Lipinski definition) is 3. The molecule has 9 heteroatoms. The average Bonchev–Trinajstić information content (AvgIpc) is 3.04. The highest BCUT2D eigenvalue weighted by Gasteiger charge is 2.29. The van der Waals surface area contributed by atoms with Gasteiger partial charge in [0.05, 0.1) is 9.77 Å². The van der Waals surface area contributed by atoms with Gasteiger partial charge < -0.3 is 10.4 Å². The van der Waals surface area contributed by atoms with Crippen molar-refractivity contribution in [3.63, 3.8) is 0 Å². The third kappa shape index (κ3) is 4.88. The summed E-state index contributed by atoms with van der Waals surface area (Å²) in [7, 11) is -4.04. The topological polar surface area (TPSA) is 113 Å². The summed E-state index contributed by atoms with van der Waals surface area (Å²) in [5.41, 5.74) is 0.592. The molecule has 25 heavy (non-hydrogen) atoms. The van der Waals surface area contributed by atoms with Crippen molar-refractivity contribution in [2.24, 2.45) is 5.92 Å². The van der Waals surface area contributed by atoms with Crippen molar-refractivity contribution >= 4 is 38.9 Å². The Hall–Kier alpha value is -2.23. The molecule has 0 unspecified atom stereocenters. The van der Waals surface area contributed by atoms with Gasteiger partial charge in [0.2, 0.25) is 10.0 Å². The van der Waals surface area contributed by atoms with E-state index in [-0.39, 0.29) is 9.77 Å². The molecule has 134 valence electrons. The van der Waals surface area contributed by atoms with Crippen LogP contribution in [-0.4, -0.2) is 31.4 Å². The highest BCUT2D eigenvalue weighted by atomic mass is 32.2. The second kappa shape index (κ2) is 7.77. The molecule has 1 aromatic heterocycles. The smallest absolute Gasteiger partial charge is 0.322 e. The lowest BCUT2D eigenvalue weighted by Crippen LogP contribution is -2.44. The van der Waals surface area contributed by atoms with E-state index in [4.69, 9.17) is 5.11 Å². The van der Waals surface area contributed by atoms with E-state index in [0.29, 0.717) is 5.69 Å². The first kappa shape index (κ1) is 19.1. The number of para-hydroxylation sites is 1. The molecule has 3 N–H and O–H groups in total. The maximum absolute atomic E-state index is 12.3. The summed E-state index contributed by atoms with van der Waals surface area (Å²) in [6.07, 6.45) is 0. The summed E-state index contributed by atoms with van der Waals surface area (Å²) in [5.74, 6) is -2.11. The van der Waals surface area contributed by atoms with E-state index < -0.39 is 33.9 Å². The first-order chi connectivity index (χ1) is 11.7. The lowest BCUT2D eigenvalue weighted by molar-refractivity contribution is -0.140. The summed E-state index contributed by atoms with van der Waals surface area (Å²) < 4.78 is 26.9. The number of aliphatic carboxylic acids is 1. The van der Waals surface area contributed by atoms with Crippen molar-refractivity contribution in [3.05, 3.63) is 46.7 Å². The van der Waals surface area contributed by atoms with Crippen LogP contribution < -0.4 is 10.0 Å². The summed E-state index contributed by atoms with van der Waals surface area (Å²) in [5, 5.41) is 13.1. The van der Waals surface area contributed by atoms with E-state index in [0.717, 1.165) is 11.3 Å². The van der Waals surface area contributed by atoms with Crippen LogP contribution in [0.1, 0.15) is 23.5 Å². The van der Waals surface area contributed by atoms with Crippen molar-refractivity contribution < 1.29 is 23.1 Å². The molecule has 1 atom stereocenters. The second-order valence-electron chi connectivity index (χ2n) is 5.65. The minimum absolute atomic E-state index is 0.136. The molecular formula is C16H18N2O5S2. The minimum atomic E-state index is -4.04. The Morgan fingerprint density at radius 3 is 2.36 bits per heavy atom. The molecule has 1 heterocycles. The van der Waals surface area contributed by atoms with E-state index in [9.17, 15) is 18.0 Å². The molecule has 0 bridgehead atoms. The number of carboxylic acids is 1. The number of anilines is 1. The number of benzene rings is 1. The number of carbonyl (C=O) groups excluding carboxylic acids is 1. The first-order valence-corrected chi connectivity index (χ1v) is 9.77. The van der Waals surface area contributed by atoms with Crippen molar-refractivity contribution in [3.8, 4) is 0 Å². The third-order valence-electron chi connectivity index (χ3n) is 3.36. The molecule has 2 aromatic rings. The fourth-order valence-corrected chi connectivity index (χ4v) is 4.51. The highest BCUT2D eigenvalue weighted by Crippen LogP contribution is 2.21. The SMILES string of the molecule is CC(C)[C@@H](NS(=O)(=O)c1csc(C(=O)Nc2ccccc2)c1)C(=O)O. The van der Waals surface area contributed by atoms with Gasteiger partial charge in [-0.3, -0.25) is 9.59 Å². The van der Waals surface area contributed by atoms with Gasteiger partial charge in [0.1, 0.15) is 6.04 Å². The van der Waals surface area contributed by atoms with E-state index >= 15 is 0 Å². The third-order valence-corrected chi connectivity index (χ3v) is 5.85. The zero-order chi connectivity index (χ0) is 18.6. The van der Waals surface area contributed by atoms with Crippen LogP contribution >= 0.6 is 11.3 Å². The monoisotopic (exact) mass is 382 g/mol. The fraction of sp³-hybridized carbons (Fsp3) is 0.250. The number of sulfonamides is 1. The van der Waals surface area contributed by atoms with Gasteiger partial charge in [-0.2, -0.15) is 4.72 Å². The predicted octanol–water partition coefficient (Wildman–Crippen LogP) is 2.39. The Labute approximate surface area is 149 Å². The molecule has 0 saturated carbocycles. The number of rotatable bonds is 7. The Balaban J connectivity index is 2.16. The van der Waals surface area contributed by atoms with Crippen LogP contribution in [0.25, 0.3) is 0 Å². The maximum atomic E-state index is 12.3. The number of nitrogens with one attached hydrogen (secondary N) is 2. The van der Waals surface area contributed by atoms with Gasteiger partial charge in [-0.05, 0) is 24.1 Å². The van der Waals surface area contributed by atoms with Gasteiger partial charge >= 0.3 is 5.97 Å². The largest absolute Gasteiger partial charge is 0.480 e. The average molecular weight is 382 g/mol. The molecule has 0 aliphatic rings. The lowest BCUT2D eigenvalue weighted by atomic mass is 10.1. The van der Waals surface area contributed by atoms with Gasteiger partial charge in [0, 0.05) is 11.1 Å². The molecular weight excluding hydrogens is 364 g/mol. The molecule has 1 aromatic carbocycles. The van der Waals surface area contributed by atoms with Gasteiger partial charge in [0.15, 0.2) is 0 Å². The van der Waals surface area contributed by atoms with Crippen molar-refractivity contribution in [2.75, 3.05) is 5.32 Å². The van der Waals surface area contributed by atoms with Crippen LogP contribution in [0.2, 0.25) is 0 Å². The number of carboxylic acid groups (broad SMARTS) is 1. The standard InChI is InChI=1S/C16H18N2O5S2/c1-10(2)14(16(20)21)18-25(22,23)12-8-13(24-9-12)15(19)17-11-6-4-3-5-7-11/h3-10,14,18H,1-2H3,(H,17,19)(H,20,21)/t14-/m1/s1. The molecule has 0 radical (unpaired) electrons. The van der Waals surface area contributed by atoms with Crippen LogP contribution in [0.4, 0.5) is 5.69 Å². The van der Waals surface area contributed by atoms with Gasteiger partial charge in [-0.1, -0.05) is 32.0 Å². The number of amides is 1. The van der Waals surface area contributed by atoms with Crippen LogP contribution in [0.15, 0.2) is 46.7 Å². The summed E-state index contributed by atoms with van der Waals surface area (Å²) in [4.78, 5) is 23.4. The Morgan fingerprint density at radius 2 is 1.80 bits per heavy atom. The van der Waals surface area contributed by atoms with Crippen molar-refractivity contribution in [1.29, 1.82) is 0 Å². The molecule has 1 amide bonds.